The van der Waals surface area contributed by atoms with E-state index >= 15 is 0 Å². The molecule has 88 valence electrons. The fourth-order valence-electron chi connectivity index (χ4n) is 1.80. The molecule has 1 aromatic carbocycles. The van der Waals surface area contributed by atoms with Gasteiger partial charge in [0, 0.05) is 6.04 Å². The lowest BCUT2D eigenvalue weighted by atomic mass is 10.0. The zero-order valence-electron chi connectivity index (χ0n) is 10.2. The second-order valence-corrected chi connectivity index (χ2v) is 5.05. The van der Waals surface area contributed by atoms with E-state index in [1.54, 1.807) is 0 Å². The summed E-state index contributed by atoms with van der Waals surface area (Å²) >= 11 is 0. The summed E-state index contributed by atoms with van der Waals surface area (Å²) in [5.74, 6) is 1.83. The Morgan fingerprint density at radius 2 is 2.19 bits per heavy atom. The van der Waals surface area contributed by atoms with Crippen molar-refractivity contribution in [2.75, 3.05) is 6.61 Å². The summed E-state index contributed by atoms with van der Waals surface area (Å²) in [6.45, 7) is 5.00. The molecule has 2 heteroatoms. The maximum Gasteiger partial charge on any atom is 0.122 e. The van der Waals surface area contributed by atoms with Gasteiger partial charge in [-0.05, 0) is 56.2 Å². The van der Waals surface area contributed by atoms with Gasteiger partial charge in [-0.1, -0.05) is 12.1 Å². The quantitative estimate of drug-likeness (QED) is 0.826. The van der Waals surface area contributed by atoms with Crippen LogP contribution in [-0.4, -0.2) is 12.6 Å². The average molecular weight is 219 g/mol. The molecule has 16 heavy (non-hydrogen) atoms. The number of ether oxygens (including phenoxy) is 1. The van der Waals surface area contributed by atoms with Crippen LogP contribution in [0.3, 0.4) is 0 Å². The Morgan fingerprint density at radius 3 is 2.81 bits per heavy atom. The van der Waals surface area contributed by atoms with Crippen molar-refractivity contribution in [3.05, 3.63) is 29.3 Å². The maximum atomic E-state index is 5.89. The molecule has 1 fully saturated rings. The number of aryl methyl sites for hydroxylation is 1. The third-order valence-electron chi connectivity index (χ3n) is 2.94. The van der Waals surface area contributed by atoms with Crippen molar-refractivity contribution in [3.63, 3.8) is 0 Å². The van der Waals surface area contributed by atoms with E-state index in [2.05, 4.69) is 25.1 Å². The van der Waals surface area contributed by atoms with Crippen LogP contribution in [0.5, 0.6) is 5.75 Å². The monoisotopic (exact) mass is 219 g/mol. The Hall–Kier alpha value is -1.02. The third-order valence-corrected chi connectivity index (χ3v) is 2.94. The van der Waals surface area contributed by atoms with E-state index in [1.807, 2.05) is 6.92 Å². The SMILES string of the molecule is Cc1ccc(CC(C)N)c(OCC2CC2)c1. The predicted molar refractivity (Wildman–Crippen MR) is 66.8 cm³/mol. The molecule has 1 saturated carbocycles. The first-order valence-electron chi connectivity index (χ1n) is 6.13. The lowest BCUT2D eigenvalue weighted by Gasteiger charge is -2.13. The summed E-state index contributed by atoms with van der Waals surface area (Å²) in [6, 6.07) is 6.58. The highest BCUT2D eigenvalue weighted by molar-refractivity contribution is 5.37. The molecule has 1 aliphatic carbocycles. The van der Waals surface area contributed by atoms with Crippen molar-refractivity contribution in [1.29, 1.82) is 0 Å². The predicted octanol–water partition coefficient (Wildman–Crippen LogP) is 2.67. The number of rotatable bonds is 5. The van der Waals surface area contributed by atoms with Gasteiger partial charge in [-0.25, -0.2) is 0 Å². The van der Waals surface area contributed by atoms with Gasteiger partial charge >= 0.3 is 0 Å². The van der Waals surface area contributed by atoms with Crippen molar-refractivity contribution in [1.82, 2.24) is 0 Å². The number of nitrogens with two attached hydrogens (primary N) is 1. The summed E-state index contributed by atoms with van der Waals surface area (Å²) in [4.78, 5) is 0. The summed E-state index contributed by atoms with van der Waals surface area (Å²) in [5.41, 5.74) is 8.33. The second-order valence-electron chi connectivity index (χ2n) is 5.05. The minimum atomic E-state index is 0.186. The maximum absolute atomic E-state index is 5.89. The van der Waals surface area contributed by atoms with E-state index in [4.69, 9.17) is 10.5 Å². The molecule has 1 aliphatic rings. The Labute approximate surface area is 97.8 Å². The van der Waals surface area contributed by atoms with Gasteiger partial charge in [-0.15, -0.1) is 0 Å². The van der Waals surface area contributed by atoms with Crippen molar-refractivity contribution < 1.29 is 4.74 Å². The van der Waals surface area contributed by atoms with E-state index in [0.29, 0.717) is 0 Å². The van der Waals surface area contributed by atoms with Gasteiger partial charge in [0.05, 0.1) is 6.61 Å². The zero-order chi connectivity index (χ0) is 11.5. The van der Waals surface area contributed by atoms with Gasteiger partial charge in [-0.3, -0.25) is 0 Å². The van der Waals surface area contributed by atoms with Gasteiger partial charge in [0.15, 0.2) is 0 Å². The van der Waals surface area contributed by atoms with Crippen molar-refractivity contribution in [3.8, 4) is 5.75 Å². The molecule has 0 spiro atoms. The molecule has 2 nitrogen and oxygen atoms in total. The van der Waals surface area contributed by atoms with Crippen LogP contribution in [0.15, 0.2) is 18.2 Å². The van der Waals surface area contributed by atoms with Crippen LogP contribution < -0.4 is 10.5 Å². The summed E-state index contributed by atoms with van der Waals surface area (Å²) in [7, 11) is 0. The molecule has 2 rings (SSSR count). The fraction of sp³-hybridized carbons (Fsp3) is 0.571. The second kappa shape index (κ2) is 4.88. The third kappa shape index (κ3) is 3.24. The largest absolute Gasteiger partial charge is 0.493 e. The molecule has 0 aliphatic heterocycles. The molecule has 1 unspecified atom stereocenters. The van der Waals surface area contributed by atoms with Gasteiger partial charge in [0.1, 0.15) is 5.75 Å². The molecule has 2 N–H and O–H groups in total. The molecular weight excluding hydrogens is 198 g/mol. The standard InChI is InChI=1S/C14H21NO/c1-10-3-6-13(8-11(2)15)14(7-10)16-9-12-4-5-12/h3,6-7,11-12H,4-5,8-9,15H2,1-2H3. The van der Waals surface area contributed by atoms with E-state index in [-0.39, 0.29) is 6.04 Å². The highest BCUT2D eigenvalue weighted by atomic mass is 16.5. The summed E-state index contributed by atoms with van der Waals surface area (Å²) < 4.78 is 5.89. The molecule has 1 aromatic rings. The molecule has 0 saturated heterocycles. The van der Waals surface area contributed by atoms with Crippen LogP contribution in [0.2, 0.25) is 0 Å². The minimum Gasteiger partial charge on any atom is -0.493 e. The first kappa shape index (κ1) is 11.5. The number of benzene rings is 1. The first-order chi connectivity index (χ1) is 7.65. The lowest BCUT2D eigenvalue weighted by molar-refractivity contribution is 0.296. The minimum absolute atomic E-state index is 0.186. The molecule has 0 amide bonds. The van der Waals surface area contributed by atoms with Gasteiger partial charge in [0.25, 0.3) is 0 Å². The normalized spacial score (nSPS) is 17.2. The highest BCUT2D eigenvalue weighted by Gasteiger charge is 2.22. The van der Waals surface area contributed by atoms with Crippen molar-refractivity contribution >= 4 is 0 Å². The number of hydrogen-bond donors (Lipinski definition) is 1. The van der Waals surface area contributed by atoms with Crippen LogP contribution in [0, 0.1) is 12.8 Å². The Kier molecular flexibility index (Phi) is 3.49. The summed E-state index contributed by atoms with van der Waals surface area (Å²) in [6.07, 6.45) is 3.54. The van der Waals surface area contributed by atoms with E-state index < -0.39 is 0 Å². The Balaban J connectivity index is 2.07. The van der Waals surface area contributed by atoms with Crippen LogP contribution in [0.25, 0.3) is 0 Å². The van der Waals surface area contributed by atoms with E-state index in [0.717, 1.165) is 24.7 Å². The lowest BCUT2D eigenvalue weighted by Crippen LogP contribution is -2.18. The topological polar surface area (TPSA) is 35.2 Å². The zero-order valence-corrected chi connectivity index (χ0v) is 10.2. The average Bonchev–Trinajstić information content (AvgIpc) is 3.01. The molecule has 1 atom stereocenters. The Morgan fingerprint density at radius 1 is 1.44 bits per heavy atom. The molecule has 0 bridgehead atoms. The smallest absolute Gasteiger partial charge is 0.122 e. The Bertz CT molecular complexity index is 356. The first-order valence-corrected chi connectivity index (χ1v) is 6.13. The van der Waals surface area contributed by atoms with Crippen LogP contribution >= 0.6 is 0 Å². The molecule has 0 radical (unpaired) electrons. The van der Waals surface area contributed by atoms with Crippen LogP contribution in [-0.2, 0) is 6.42 Å². The van der Waals surface area contributed by atoms with E-state index in [9.17, 15) is 0 Å². The number of hydrogen-bond acceptors (Lipinski definition) is 2. The molecule has 0 heterocycles. The molecular formula is C14H21NO. The van der Waals surface area contributed by atoms with Crippen LogP contribution in [0.4, 0.5) is 0 Å². The molecule has 0 aromatic heterocycles. The fourth-order valence-corrected chi connectivity index (χ4v) is 1.80. The summed E-state index contributed by atoms with van der Waals surface area (Å²) in [5, 5.41) is 0. The van der Waals surface area contributed by atoms with E-state index in [1.165, 1.54) is 24.0 Å². The van der Waals surface area contributed by atoms with Gasteiger partial charge in [-0.2, -0.15) is 0 Å². The van der Waals surface area contributed by atoms with Crippen LogP contribution in [0.1, 0.15) is 30.9 Å². The van der Waals surface area contributed by atoms with Crippen molar-refractivity contribution in [2.45, 2.75) is 39.2 Å². The van der Waals surface area contributed by atoms with Crippen molar-refractivity contribution in [2.24, 2.45) is 11.7 Å². The van der Waals surface area contributed by atoms with Gasteiger partial charge < -0.3 is 10.5 Å². The highest BCUT2D eigenvalue weighted by Crippen LogP contribution is 2.30. The van der Waals surface area contributed by atoms with Gasteiger partial charge in [0.2, 0.25) is 0 Å².